The summed E-state index contributed by atoms with van der Waals surface area (Å²) in [5.41, 5.74) is 14.1. The predicted molar refractivity (Wildman–Crippen MR) is 112 cm³/mol. The second-order valence-corrected chi connectivity index (χ2v) is 10.3. The summed E-state index contributed by atoms with van der Waals surface area (Å²) in [7, 11) is 0. The first-order chi connectivity index (χ1) is 11.2. The van der Waals surface area contributed by atoms with Gasteiger partial charge in [0.2, 0.25) is 0 Å². The van der Waals surface area contributed by atoms with Crippen LogP contribution in [0, 0.1) is 0 Å². The molecule has 0 saturated heterocycles. The largest absolute Gasteiger partial charge is 0.398 e. The second-order valence-electron chi connectivity index (χ2n) is 10.3. The molecule has 0 aliphatic rings. The lowest BCUT2D eigenvalue weighted by Gasteiger charge is -2.29. The molecule has 0 unspecified atom stereocenters. The van der Waals surface area contributed by atoms with Gasteiger partial charge in [0.1, 0.15) is 0 Å². The van der Waals surface area contributed by atoms with E-state index in [-0.39, 0.29) is 16.2 Å². The van der Waals surface area contributed by atoms with Gasteiger partial charge in [0.25, 0.3) is 0 Å². The molecule has 2 rings (SSSR count). The average Bonchev–Trinajstić information content (AvgIpc) is 2.44. The zero-order valence-electron chi connectivity index (χ0n) is 17.5. The zero-order chi connectivity index (χ0) is 19.2. The van der Waals surface area contributed by atoms with Crippen LogP contribution in [0.15, 0.2) is 36.4 Å². The van der Waals surface area contributed by atoms with Crippen molar-refractivity contribution in [3.63, 3.8) is 0 Å². The van der Waals surface area contributed by atoms with Crippen LogP contribution < -0.4 is 5.73 Å². The lowest BCUT2D eigenvalue weighted by atomic mass is 9.77. The van der Waals surface area contributed by atoms with E-state index in [1.165, 1.54) is 22.3 Å². The summed E-state index contributed by atoms with van der Waals surface area (Å²) in [4.78, 5) is 0. The maximum Gasteiger partial charge on any atom is 0.0431 e. The molecule has 0 spiro atoms. The summed E-state index contributed by atoms with van der Waals surface area (Å²) >= 11 is 0. The molecule has 0 heterocycles. The average molecular weight is 338 g/mol. The fraction of sp³-hybridized carbons (Fsp3) is 0.500. The van der Waals surface area contributed by atoms with Gasteiger partial charge in [0, 0.05) is 11.3 Å². The number of nitrogen functional groups attached to an aromatic ring is 1. The Morgan fingerprint density at radius 2 is 1.20 bits per heavy atom. The molecule has 0 aliphatic carbocycles. The van der Waals surface area contributed by atoms with E-state index >= 15 is 0 Å². The summed E-state index contributed by atoms with van der Waals surface area (Å²) in [5, 5.41) is 0. The summed E-state index contributed by atoms with van der Waals surface area (Å²) in [6.45, 7) is 20.3. The van der Waals surface area contributed by atoms with Crippen LogP contribution in [0.1, 0.15) is 79.0 Å². The second kappa shape index (κ2) is 6.20. The Bertz CT molecular complexity index is 762. The van der Waals surface area contributed by atoms with Gasteiger partial charge in [-0.3, -0.25) is 0 Å². The molecule has 0 aromatic heterocycles. The van der Waals surface area contributed by atoms with Crippen LogP contribution >= 0.6 is 0 Å². The Hall–Kier alpha value is -1.76. The quantitative estimate of drug-likeness (QED) is 0.567. The molecule has 1 heteroatoms. The van der Waals surface area contributed by atoms with Crippen molar-refractivity contribution in [1.29, 1.82) is 0 Å². The van der Waals surface area contributed by atoms with E-state index in [0.29, 0.717) is 0 Å². The molecule has 0 fully saturated rings. The van der Waals surface area contributed by atoms with E-state index in [9.17, 15) is 0 Å². The molecule has 0 radical (unpaired) electrons. The predicted octanol–water partition coefficient (Wildman–Crippen LogP) is 6.83. The number of hydrogen-bond donors (Lipinski definition) is 1. The zero-order valence-corrected chi connectivity index (χ0v) is 17.5. The van der Waals surface area contributed by atoms with Gasteiger partial charge in [-0.25, -0.2) is 0 Å². The van der Waals surface area contributed by atoms with Crippen LogP contribution in [0.3, 0.4) is 0 Å². The highest BCUT2D eigenvalue weighted by Gasteiger charge is 2.24. The molecule has 0 bridgehead atoms. The Labute approximate surface area is 154 Å². The molecule has 0 saturated carbocycles. The third-order valence-corrected chi connectivity index (χ3v) is 4.89. The van der Waals surface area contributed by atoms with Gasteiger partial charge >= 0.3 is 0 Å². The third kappa shape index (κ3) is 4.26. The van der Waals surface area contributed by atoms with E-state index < -0.39 is 0 Å². The molecular formula is C24H35N. The molecular weight excluding hydrogens is 302 g/mol. The molecule has 2 N–H and O–H groups in total. The highest BCUT2D eigenvalue weighted by Crippen LogP contribution is 2.40. The first kappa shape index (κ1) is 19.6. The maximum absolute atomic E-state index is 6.67. The van der Waals surface area contributed by atoms with Gasteiger partial charge in [-0.15, -0.1) is 0 Å². The Kier molecular flexibility index (Phi) is 4.85. The van der Waals surface area contributed by atoms with Crippen molar-refractivity contribution in [2.45, 2.75) is 78.6 Å². The number of hydrogen-bond acceptors (Lipinski definition) is 1. The summed E-state index contributed by atoms with van der Waals surface area (Å²) in [6, 6.07) is 13.4. The van der Waals surface area contributed by atoms with Crippen LogP contribution in [0.5, 0.6) is 0 Å². The molecule has 0 atom stereocenters. The van der Waals surface area contributed by atoms with Gasteiger partial charge in [0.05, 0.1) is 0 Å². The van der Waals surface area contributed by atoms with Crippen LogP contribution in [0.25, 0.3) is 11.1 Å². The molecule has 136 valence electrons. The van der Waals surface area contributed by atoms with Gasteiger partial charge in [0.15, 0.2) is 0 Å². The molecule has 25 heavy (non-hydrogen) atoms. The Morgan fingerprint density at radius 3 is 1.68 bits per heavy atom. The van der Waals surface area contributed by atoms with Crippen molar-refractivity contribution in [2.75, 3.05) is 5.73 Å². The minimum Gasteiger partial charge on any atom is -0.398 e. The summed E-state index contributed by atoms with van der Waals surface area (Å²) < 4.78 is 0. The topological polar surface area (TPSA) is 26.0 Å². The van der Waals surface area contributed by atoms with Crippen molar-refractivity contribution < 1.29 is 0 Å². The first-order valence-electron chi connectivity index (χ1n) is 9.26. The highest BCUT2D eigenvalue weighted by molar-refractivity contribution is 5.81. The summed E-state index contributed by atoms with van der Waals surface area (Å²) in [5.74, 6) is 0. The van der Waals surface area contributed by atoms with Crippen LogP contribution in [-0.4, -0.2) is 0 Å². The number of rotatable bonds is 1. The lowest BCUT2D eigenvalue weighted by Crippen LogP contribution is -2.19. The number of benzene rings is 2. The fourth-order valence-corrected chi connectivity index (χ4v) is 3.10. The maximum atomic E-state index is 6.67. The molecule has 2 aromatic carbocycles. The third-order valence-electron chi connectivity index (χ3n) is 4.89. The van der Waals surface area contributed by atoms with Crippen LogP contribution in [0.2, 0.25) is 0 Å². The molecule has 2 aromatic rings. The van der Waals surface area contributed by atoms with Crippen molar-refractivity contribution in [3.05, 3.63) is 53.1 Å². The minimum absolute atomic E-state index is 0.0156. The smallest absolute Gasteiger partial charge is 0.0431 e. The Morgan fingerprint density at radius 1 is 0.640 bits per heavy atom. The SMILES string of the molecule is CC(C)(C)c1cccc(-c2cc(C(C)(C)C)cc(C(C)(C)C)c2N)c1. The monoisotopic (exact) mass is 337 g/mol. The van der Waals surface area contributed by atoms with E-state index in [1.807, 2.05) is 0 Å². The highest BCUT2D eigenvalue weighted by atomic mass is 14.6. The van der Waals surface area contributed by atoms with Crippen LogP contribution in [-0.2, 0) is 16.2 Å². The van der Waals surface area contributed by atoms with E-state index in [4.69, 9.17) is 5.73 Å². The summed E-state index contributed by atoms with van der Waals surface area (Å²) in [6.07, 6.45) is 0. The molecule has 0 aliphatic heterocycles. The van der Waals surface area contributed by atoms with Crippen LogP contribution in [0.4, 0.5) is 5.69 Å². The number of anilines is 1. The minimum atomic E-state index is 0.0156. The normalized spacial score (nSPS) is 13.2. The van der Waals surface area contributed by atoms with Crippen molar-refractivity contribution in [3.8, 4) is 11.1 Å². The standard InChI is InChI=1S/C24H35N/c1-22(2,3)17-12-10-11-16(13-17)19-14-18(23(4,5)6)15-20(21(19)25)24(7,8)9/h10-15H,25H2,1-9H3. The van der Waals surface area contributed by atoms with Gasteiger partial charge in [-0.1, -0.05) is 92.6 Å². The lowest BCUT2D eigenvalue weighted by molar-refractivity contribution is 0.570. The van der Waals surface area contributed by atoms with Gasteiger partial charge in [-0.2, -0.15) is 0 Å². The van der Waals surface area contributed by atoms with Crippen molar-refractivity contribution in [2.24, 2.45) is 0 Å². The van der Waals surface area contributed by atoms with E-state index in [1.54, 1.807) is 0 Å². The first-order valence-corrected chi connectivity index (χ1v) is 9.26. The van der Waals surface area contributed by atoms with Gasteiger partial charge < -0.3 is 5.73 Å². The van der Waals surface area contributed by atoms with Crippen molar-refractivity contribution in [1.82, 2.24) is 0 Å². The van der Waals surface area contributed by atoms with E-state index in [0.717, 1.165) is 11.3 Å². The van der Waals surface area contributed by atoms with Crippen molar-refractivity contribution >= 4 is 5.69 Å². The fourth-order valence-electron chi connectivity index (χ4n) is 3.10. The van der Waals surface area contributed by atoms with Gasteiger partial charge in [-0.05, 0) is 44.6 Å². The van der Waals surface area contributed by atoms with E-state index in [2.05, 4.69) is 98.7 Å². The molecule has 0 amide bonds. The Balaban J connectivity index is 2.77. The number of nitrogens with two attached hydrogens (primary N) is 1. The molecule has 1 nitrogen and oxygen atoms in total.